The van der Waals surface area contributed by atoms with Gasteiger partial charge < -0.3 is 9.69 Å². The van der Waals surface area contributed by atoms with Crippen LogP contribution in [0.3, 0.4) is 0 Å². The number of carbonyl (C=O) groups excluding carboxylic acids is 1. The topological polar surface area (TPSA) is 23.6 Å². The van der Waals surface area contributed by atoms with Crippen LogP contribution in [0, 0.1) is 6.54 Å². The third kappa shape index (κ3) is 2.57. The van der Waals surface area contributed by atoms with Crippen molar-refractivity contribution in [3.63, 3.8) is 0 Å². The standard InChI is InChI=1S/C9H17N2O/c1-10(2)9-3-5-11(6-4-9)7-8-12/h7-9H,3-6H2,1-2H3. The Morgan fingerprint density at radius 3 is 2.33 bits per heavy atom. The molecule has 0 spiro atoms. The summed E-state index contributed by atoms with van der Waals surface area (Å²) in [6, 6.07) is 0.696. The van der Waals surface area contributed by atoms with Crippen LogP contribution in [0.4, 0.5) is 0 Å². The molecule has 1 rings (SSSR count). The molecule has 0 amide bonds. The van der Waals surface area contributed by atoms with E-state index in [0.717, 1.165) is 32.2 Å². The fourth-order valence-corrected chi connectivity index (χ4v) is 1.64. The SMILES string of the molecule is CN(C)C1CCN([CH]C=O)CC1. The summed E-state index contributed by atoms with van der Waals surface area (Å²) in [5.74, 6) is 0. The van der Waals surface area contributed by atoms with Gasteiger partial charge in [0.25, 0.3) is 0 Å². The highest BCUT2D eigenvalue weighted by molar-refractivity contribution is 5.60. The Morgan fingerprint density at radius 1 is 1.33 bits per heavy atom. The predicted molar refractivity (Wildman–Crippen MR) is 48.6 cm³/mol. The van der Waals surface area contributed by atoms with E-state index in [1.165, 1.54) is 0 Å². The maximum Gasteiger partial charge on any atom is 0.139 e. The van der Waals surface area contributed by atoms with Gasteiger partial charge in [0.05, 0.1) is 6.54 Å². The van der Waals surface area contributed by atoms with Gasteiger partial charge in [-0.1, -0.05) is 0 Å². The van der Waals surface area contributed by atoms with E-state index >= 15 is 0 Å². The first-order valence-corrected chi connectivity index (χ1v) is 4.43. The summed E-state index contributed by atoms with van der Waals surface area (Å²) in [4.78, 5) is 14.5. The van der Waals surface area contributed by atoms with Crippen LogP contribution in [0.1, 0.15) is 12.8 Å². The quantitative estimate of drug-likeness (QED) is 0.570. The molecule has 3 nitrogen and oxygen atoms in total. The molecule has 0 bridgehead atoms. The molecule has 0 atom stereocenters. The Labute approximate surface area is 74.3 Å². The molecule has 1 aliphatic heterocycles. The normalized spacial score (nSPS) is 21.6. The molecular weight excluding hydrogens is 152 g/mol. The third-order valence-electron chi connectivity index (χ3n) is 2.50. The molecule has 69 valence electrons. The number of likely N-dealkylation sites (tertiary alicyclic amines) is 1. The van der Waals surface area contributed by atoms with Gasteiger partial charge in [-0.3, -0.25) is 4.90 Å². The van der Waals surface area contributed by atoms with Crippen molar-refractivity contribution in [2.45, 2.75) is 18.9 Å². The molecule has 1 radical (unpaired) electrons. The summed E-state index contributed by atoms with van der Waals surface area (Å²) < 4.78 is 0. The van der Waals surface area contributed by atoms with Gasteiger partial charge >= 0.3 is 0 Å². The van der Waals surface area contributed by atoms with Crippen molar-refractivity contribution in [2.24, 2.45) is 0 Å². The van der Waals surface area contributed by atoms with Gasteiger partial charge in [-0.25, -0.2) is 0 Å². The Balaban J connectivity index is 2.24. The summed E-state index contributed by atoms with van der Waals surface area (Å²) >= 11 is 0. The maximum absolute atomic E-state index is 10.2. The first kappa shape index (κ1) is 9.68. The lowest BCUT2D eigenvalue weighted by atomic mass is 10.0. The van der Waals surface area contributed by atoms with Crippen LogP contribution in [-0.2, 0) is 4.79 Å². The first-order chi connectivity index (χ1) is 5.74. The zero-order valence-electron chi connectivity index (χ0n) is 7.86. The molecule has 0 aromatic heterocycles. The first-order valence-electron chi connectivity index (χ1n) is 4.43. The number of carbonyl (C=O) groups is 1. The Bertz CT molecular complexity index is 139. The van der Waals surface area contributed by atoms with Gasteiger partial charge in [-0.15, -0.1) is 0 Å². The Hall–Kier alpha value is -0.410. The van der Waals surface area contributed by atoms with Crippen LogP contribution >= 0.6 is 0 Å². The average molecular weight is 169 g/mol. The zero-order chi connectivity index (χ0) is 8.97. The van der Waals surface area contributed by atoms with E-state index in [1.807, 2.05) is 0 Å². The average Bonchev–Trinajstić information content (AvgIpc) is 2.06. The Kier molecular flexibility index (Phi) is 3.69. The lowest BCUT2D eigenvalue weighted by molar-refractivity contribution is -0.106. The van der Waals surface area contributed by atoms with Crippen LogP contribution < -0.4 is 0 Å². The van der Waals surface area contributed by atoms with Gasteiger partial charge in [0.1, 0.15) is 6.29 Å². The molecule has 0 aromatic carbocycles. The van der Waals surface area contributed by atoms with Gasteiger partial charge in [0.15, 0.2) is 0 Å². The van der Waals surface area contributed by atoms with Crippen molar-refractivity contribution < 1.29 is 4.79 Å². The molecule has 1 aliphatic rings. The van der Waals surface area contributed by atoms with Crippen molar-refractivity contribution in [2.75, 3.05) is 27.2 Å². The van der Waals surface area contributed by atoms with Gasteiger partial charge in [-0.05, 0) is 26.9 Å². The molecule has 12 heavy (non-hydrogen) atoms. The second-order valence-electron chi connectivity index (χ2n) is 3.52. The summed E-state index contributed by atoms with van der Waals surface area (Å²) in [6.07, 6.45) is 3.20. The minimum Gasteiger partial charge on any atom is -0.306 e. The van der Waals surface area contributed by atoms with Crippen LogP contribution in [0.15, 0.2) is 0 Å². The number of hydrogen-bond acceptors (Lipinski definition) is 3. The number of rotatable bonds is 3. The number of aldehydes is 1. The van der Waals surface area contributed by atoms with E-state index in [0.29, 0.717) is 6.04 Å². The molecule has 0 unspecified atom stereocenters. The second-order valence-corrected chi connectivity index (χ2v) is 3.52. The predicted octanol–water partition coefficient (Wildman–Crippen LogP) is 0.373. The minimum absolute atomic E-state index is 0.696. The molecule has 1 heterocycles. The summed E-state index contributed by atoms with van der Waals surface area (Å²) in [7, 11) is 4.23. The highest BCUT2D eigenvalue weighted by Gasteiger charge is 2.19. The highest BCUT2D eigenvalue weighted by atomic mass is 16.1. The third-order valence-corrected chi connectivity index (χ3v) is 2.50. The lowest BCUT2D eigenvalue weighted by Gasteiger charge is -2.33. The smallest absolute Gasteiger partial charge is 0.139 e. The van der Waals surface area contributed by atoms with Crippen molar-refractivity contribution in [1.29, 1.82) is 0 Å². The van der Waals surface area contributed by atoms with E-state index in [-0.39, 0.29) is 0 Å². The summed E-state index contributed by atoms with van der Waals surface area (Å²) in [5.41, 5.74) is 0. The van der Waals surface area contributed by atoms with Crippen molar-refractivity contribution in [1.82, 2.24) is 9.80 Å². The van der Waals surface area contributed by atoms with E-state index < -0.39 is 0 Å². The molecule has 0 N–H and O–H groups in total. The van der Waals surface area contributed by atoms with Gasteiger partial charge in [-0.2, -0.15) is 0 Å². The van der Waals surface area contributed by atoms with Crippen LogP contribution in [0.25, 0.3) is 0 Å². The summed E-state index contributed by atoms with van der Waals surface area (Å²) in [5, 5.41) is 0. The highest BCUT2D eigenvalue weighted by Crippen LogP contribution is 2.14. The Morgan fingerprint density at radius 2 is 1.92 bits per heavy atom. The van der Waals surface area contributed by atoms with Crippen molar-refractivity contribution >= 4 is 6.29 Å². The molecule has 0 aromatic rings. The molecule has 1 saturated heterocycles. The number of nitrogens with zero attached hydrogens (tertiary/aromatic N) is 2. The number of hydrogen-bond donors (Lipinski definition) is 0. The number of piperidine rings is 1. The molecule has 0 saturated carbocycles. The van der Waals surface area contributed by atoms with Gasteiger partial charge in [0, 0.05) is 19.1 Å². The van der Waals surface area contributed by atoms with Crippen molar-refractivity contribution in [3.05, 3.63) is 6.54 Å². The minimum atomic E-state index is 0.696. The van der Waals surface area contributed by atoms with E-state index in [2.05, 4.69) is 23.9 Å². The van der Waals surface area contributed by atoms with Crippen molar-refractivity contribution in [3.8, 4) is 0 Å². The second kappa shape index (κ2) is 4.58. The molecule has 1 fully saturated rings. The maximum atomic E-state index is 10.2. The summed E-state index contributed by atoms with van der Waals surface area (Å²) in [6.45, 7) is 3.68. The van der Waals surface area contributed by atoms with Gasteiger partial charge in [0.2, 0.25) is 0 Å². The lowest BCUT2D eigenvalue weighted by Crippen LogP contribution is -2.40. The largest absolute Gasteiger partial charge is 0.306 e. The zero-order valence-corrected chi connectivity index (χ0v) is 7.86. The van der Waals surface area contributed by atoms with E-state index in [9.17, 15) is 4.79 Å². The fourth-order valence-electron chi connectivity index (χ4n) is 1.64. The van der Waals surface area contributed by atoms with Crippen LogP contribution in [0.2, 0.25) is 0 Å². The van der Waals surface area contributed by atoms with Crippen LogP contribution in [0.5, 0.6) is 0 Å². The van der Waals surface area contributed by atoms with E-state index in [1.54, 1.807) is 6.54 Å². The molecule has 0 aliphatic carbocycles. The monoisotopic (exact) mass is 169 g/mol. The van der Waals surface area contributed by atoms with E-state index in [4.69, 9.17) is 0 Å². The van der Waals surface area contributed by atoms with Crippen LogP contribution in [-0.4, -0.2) is 49.3 Å². The fraction of sp³-hybridized carbons (Fsp3) is 0.778. The molecular formula is C9H17N2O. The molecule has 3 heteroatoms.